The first-order chi connectivity index (χ1) is 42.5. The van der Waals surface area contributed by atoms with Gasteiger partial charge in [-0.05, 0) is 134 Å². The molecule has 1 aliphatic rings. The van der Waals surface area contributed by atoms with Crippen LogP contribution in [0.1, 0.15) is 274 Å². The van der Waals surface area contributed by atoms with Crippen molar-refractivity contribution >= 4 is 122 Å². The Morgan fingerprint density at radius 3 is 1.23 bits per heavy atom. The first-order valence-electron chi connectivity index (χ1n) is 34.3. The predicted molar refractivity (Wildman–Crippen MR) is 400 cm³/mol. The van der Waals surface area contributed by atoms with E-state index in [1.165, 1.54) is 135 Å². The molecule has 1 aromatic carbocycles. The molecule has 0 bridgehead atoms. The largest absolute Gasteiger partial charge is 0.288 e. The fourth-order valence-electron chi connectivity index (χ4n) is 13.3. The van der Waals surface area contributed by atoms with E-state index >= 15 is 9.59 Å². The molecule has 4 atom stereocenters. The second-order valence-corrected chi connectivity index (χ2v) is 36.0. The third-order valence-electron chi connectivity index (χ3n) is 20.2. The predicted octanol–water partition coefficient (Wildman–Crippen LogP) is 28.0. The van der Waals surface area contributed by atoms with Crippen LogP contribution in [0.4, 0.5) is 0 Å². The molecule has 2 nitrogen and oxygen atoms in total. The van der Waals surface area contributed by atoms with E-state index in [-0.39, 0.29) is 22.4 Å². The van der Waals surface area contributed by atoms with Gasteiger partial charge in [0.2, 0.25) is 0 Å². The van der Waals surface area contributed by atoms with E-state index in [2.05, 4.69) is 158 Å². The van der Waals surface area contributed by atoms with Gasteiger partial charge in [-0.1, -0.05) is 200 Å². The maximum atomic E-state index is 16.2. The van der Waals surface area contributed by atoms with Crippen LogP contribution >= 0.6 is 90.7 Å². The number of thiophene rings is 8. The molecule has 8 heterocycles. The van der Waals surface area contributed by atoms with Crippen molar-refractivity contribution in [2.45, 2.75) is 249 Å². The Morgan fingerprint density at radius 1 is 0.352 bits per heavy atom. The number of rotatable bonds is 33. The molecule has 0 spiro atoms. The van der Waals surface area contributed by atoms with Gasteiger partial charge >= 0.3 is 0 Å². The van der Waals surface area contributed by atoms with Gasteiger partial charge in [0.25, 0.3) is 0 Å². The average molecular weight is 1330 g/mol. The minimum Gasteiger partial charge on any atom is -0.288 e. The summed E-state index contributed by atoms with van der Waals surface area (Å²) in [5.74, 6) is 2.52. The monoisotopic (exact) mass is 1320 g/mol. The molecule has 1 aliphatic carbocycles. The third-order valence-corrected chi connectivity index (χ3v) is 30.7. The summed E-state index contributed by atoms with van der Waals surface area (Å²) >= 11 is 15.2. The lowest BCUT2D eigenvalue weighted by molar-refractivity contribution is 0.0980. The molecule has 9 aromatic rings. The van der Waals surface area contributed by atoms with Crippen LogP contribution < -0.4 is 0 Å². The summed E-state index contributed by atoms with van der Waals surface area (Å²) in [5.41, 5.74) is 5.62. The molecule has 10 rings (SSSR count). The van der Waals surface area contributed by atoms with Crippen molar-refractivity contribution in [3.63, 3.8) is 0 Å². The molecular formula is C78H100O2S8. The lowest BCUT2D eigenvalue weighted by atomic mass is 9.81. The second kappa shape index (κ2) is 29.7. The van der Waals surface area contributed by atoms with Crippen molar-refractivity contribution in [2.75, 3.05) is 0 Å². The average Bonchev–Trinajstić information content (AvgIpc) is 1.58. The van der Waals surface area contributed by atoms with E-state index in [9.17, 15) is 0 Å². The number of hydrogen-bond acceptors (Lipinski definition) is 10. The molecule has 4 unspecified atom stereocenters. The van der Waals surface area contributed by atoms with Crippen LogP contribution in [0.2, 0.25) is 0 Å². The zero-order chi connectivity index (χ0) is 62.6. The summed E-state index contributed by atoms with van der Waals surface area (Å²) in [7, 11) is 0. The maximum absolute atomic E-state index is 16.2. The summed E-state index contributed by atoms with van der Waals surface area (Å²) in [6.45, 7) is 32.7. The number of carbonyl (C=O) groups is 2. The molecule has 0 fully saturated rings. The van der Waals surface area contributed by atoms with E-state index in [4.69, 9.17) is 0 Å². The van der Waals surface area contributed by atoms with Crippen molar-refractivity contribution in [3.8, 4) is 50.1 Å². The lowest BCUT2D eigenvalue weighted by Crippen LogP contribution is -2.22. The minimum atomic E-state index is -0.000796. The third kappa shape index (κ3) is 14.0. The molecule has 10 heteroatoms. The summed E-state index contributed by atoms with van der Waals surface area (Å²) in [4.78, 5) is 49.7. The minimum absolute atomic E-state index is 0.000796. The fourth-order valence-corrected chi connectivity index (χ4v) is 23.8. The highest BCUT2D eigenvalue weighted by Crippen LogP contribution is 2.57. The Morgan fingerprint density at radius 2 is 0.761 bits per heavy atom. The van der Waals surface area contributed by atoms with E-state index < -0.39 is 0 Å². The van der Waals surface area contributed by atoms with Crippen molar-refractivity contribution in [1.29, 1.82) is 0 Å². The van der Waals surface area contributed by atoms with Crippen LogP contribution in [-0.4, -0.2) is 11.6 Å². The van der Waals surface area contributed by atoms with E-state index in [0.717, 1.165) is 117 Å². The first kappa shape index (κ1) is 67.6. The number of benzene rings is 1. The standard InChI is InChI=1S/C78H100O2S8/c1-15-25-29-47(19-5)41-51-33-35-56(81-51)65-53-45-60(86-73(53)66(54-46-64(87-74(54)65)78(13,14)24-10)57-36-34-52(82-57)42-48(20-6)30-26-16-2)55-37-38-58(83-55)75-69-70(76(88-75)59-39-40-63(85-59)77(11,12)23-9)72(80)68-62(44-50(22-8)32-28-18-4)84-61(67(68)71(69)79)43-49(21-7)31-27-17-3/h33-40,45-50H,15-32,41-44H2,1-14H3. The van der Waals surface area contributed by atoms with Crippen LogP contribution in [0.25, 0.3) is 70.3 Å². The molecule has 472 valence electrons. The summed E-state index contributed by atoms with van der Waals surface area (Å²) in [6, 6.07) is 24.1. The van der Waals surface area contributed by atoms with Crippen molar-refractivity contribution in [2.24, 2.45) is 23.7 Å². The zero-order valence-corrected chi connectivity index (χ0v) is 62.3. The maximum Gasteiger partial charge on any atom is 0.197 e. The first-order valence-corrected chi connectivity index (χ1v) is 40.8. The van der Waals surface area contributed by atoms with Gasteiger partial charge in [0, 0.05) is 101 Å². The number of hydrogen-bond donors (Lipinski definition) is 0. The van der Waals surface area contributed by atoms with Gasteiger partial charge in [0.15, 0.2) is 11.6 Å². The molecule has 0 aliphatic heterocycles. The van der Waals surface area contributed by atoms with Gasteiger partial charge in [-0.15, -0.1) is 90.7 Å². The molecular weight excluding hydrogens is 1230 g/mol. The van der Waals surface area contributed by atoms with Gasteiger partial charge in [0.1, 0.15) is 0 Å². The van der Waals surface area contributed by atoms with Crippen molar-refractivity contribution in [1.82, 2.24) is 0 Å². The number of ketones is 2. The molecule has 0 N–H and O–H groups in total. The Kier molecular flexibility index (Phi) is 22.8. The van der Waals surface area contributed by atoms with Crippen LogP contribution in [-0.2, 0) is 36.5 Å². The molecule has 0 radical (unpaired) electrons. The lowest BCUT2D eigenvalue weighted by Gasteiger charge is -2.20. The molecule has 88 heavy (non-hydrogen) atoms. The highest BCUT2D eigenvalue weighted by atomic mass is 32.1. The summed E-state index contributed by atoms with van der Waals surface area (Å²) < 4.78 is 2.79. The van der Waals surface area contributed by atoms with E-state index in [1.54, 1.807) is 11.3 Å². The van der Waals surface area contributed by atoms with Crippen molar-refractivity contribution in [3.05, 3.63) is 112 Å². The second-order valence-electron chi connectivity index (χ2n) is 27.1. The summed E-state index contributed by atoms with van der Waals surface area (Å²) in [5, 5.41) is 2.76. The quantitative estimate of drug-likeness (QED) is 0.0411. The van der Waals surface area contributed by atoms with Crippen LogP contribution in [0.5, 0.6) is 0 Å². The highest BCUT2D eigenvalue weighted by molar-refractivity contribution is 7.31. The Bertz CT molecular complexity index is 3710. The Labute approximate surface area is 562 Å². The molecule has 0 saturated heterocycles. The van der Waals surface area contributed by atoms with Crippen LogP contribution in [0, 0.1) is 23.7 Å². The topological polar surface area (TPSA) is 34.1 Å². The number of unbranched alkanes of at least 4 members (excludes halogenated alkanes) is 4. The fraction of sp³-hybridized carbons (Fsp3) is 0.538. The highest BCUT2D eigenvalue weighted by Gasteiger charge is 2.43. The van der Waals surface area contributed by atoms with Gasteiger partial charge in [-0.25, -0.2) is 0 Å². The SMILES string of the molecule is CCCCC(CC)Cc1ccc(-c2c3cc(C(C)(C)CC)sc3c(-c3ccc(CC(CC)CCCC)s3)c3cc(-c4ccc(-c5sc(-c6ccc(C(C)(C)CC)s6)c6c5C(=O)c5c(CC(CC)CCCC)sc(CC(CC)CCCC)c5C6=O)s4)sc23)s1. The molecule has 8 aromatic heterocycles. The number of fused-ring (bicyclic) bond motifs is 4. The van der Waals surface area contributed by atoms with E-state index in [0.29, 0.717) is 34.8 Å². The van der Waals surface area contributed by atoms with Crippen LogP contribution in [0.15, 0.2) is 60.7 Å². The molecule has 0 saturated carbocycles. The number of carbonyl (C=O) groups excluding carboxylic acids is 2. The van der Waals surface area contributed by atoms with Crippen LogP contribution in [0.3, 0.4) is 0 Å². The van der Waals surface area contributed by atoms with Gasteiger partial charge in [0.05, 0.1) is 20.9 Å². The molecule has 0 amide bonds. The Hall–Kier alpha value is -3.32. The van der Waals surface area contributed by atoms with E-state index in [1.807, 2.05) is 79.4 Å². The van der Waals surface area contributed by atoms with Gasteiger partial charge < -0.3 is 0 Å². The summed E-state index contributed by atoms with van der Waals surface area (Å²) in [6.07, 6.45) is 25.3. The van der Waals surface area contributed by atoms with Crippen molar-refractivity contribution < 1.29 is 9.59 Å². The Balaban J connectivity index is 1.17. The zero-order valence-electron chi connectivity index (χ0n) is 55.7. The van der Waals surface area contributed by atoms with Gasteiger partial charge in [-0.2, -0.15) is 0 Å². The van der Waals surface area contributed by atoms with Gasteiger partial charge in [-0.3, -0.25) is 9.59 Å². The normalized spacial score (nSPS) is 14.4. The smallest absolute Gasteiger partial charge is 0.197 e.